The van der Waals surface area contributed by atoms with E-state index in [-0.39, 0.29) is 5.11 Å². The van der Waals surface area contributed by atoms with Crippen molar-refractivity contribution >= 4 is 33.9 Å². The van der Waals surface area contributed by atoms with Crippen molar-refractivity contribution in [3.8, 4) is 5.69 Å². The number of nitrogens with zero attached hydrogens (tertiary/aromatic N) is 1. The fraction of sp³-hybridized carbons (Fsp3) is 0. The largest absolute Gasteiger partial charge is 0.376 e. The van der Waals surface area contributed by atoms with Gasteiger partial charge in [-0.3, -0.25) is 0 Å². The standard InChI is InChI=1S/C15H13N3S/c16-15(19)17-12-5-7-13(8-6-12)18-10-9-11-3-1-2-4-14(11)18/h1-10H,(H3,16,17,19). The Hall–Kier alpha value is -2.33. The van der Waals surface area contributed by atoms with Crippen molar-refractivity contribution in [3.63, 3.8) is 0 Å². The summed E-state index contributed by atoms with van der Waals surface area (Å²) in [5, 5.41) is 4.42. The number of thiocarbonyl (C=S) groups is 1. The van der Waals surface area contributed by atoms with Gasteiger partial charge in [0.05, 0.1) is 5.52 Å². The van der Waals surface area contributed by atoms with Gasteiger partial charge in [-0.15, -0.1) is 0 Å². The molecule has 3 aromatic rings. The summed E-state index contributed by atoms with van der Waals surface area (Å²) in [7, 11) is 0. The molecule has 0 unspecified atom stereocenters. The highest BCUT2D eigenvalue weighted by Crippen LogP contribution is 2.21. The molecule has 0 saturated heterocycles. The van der Waals surface area contributed by atoms with Crippen LogP contribution in [0.4, 0.5) is 5.69 Å². The number of benzene rings is 2. The second kappa shape index (κ2) is 4.74. The summed E-state index contributed by atoms with van der Waals surface area (Å²) in [6.45, 7) is 0. The smallest absolute Gasteiger partial charge is 0.168 e. The maximum absolute atomic E-state index is 5.45. The minimum atomic E-state index is 0.277. The number of hydrogen-bond acceptors (Lipinski definition) is 1. The molecule has 1 aromatic heterocycles. The van der Waals surface area contributed by atoms with Gasteiger partial charge in [-0.25, -0.2) is 0 Å². The molecule has 0 aliphatic carbocycles. The van der Waals surface area contributed by atoms with Crippen molar-refractivity contribution in [2.24, 2.45) is 5.73 Å². The first kappa shape index (κ1) is 11.7. The van der Waals surface area contributed by atoms with Crippen LogP contribution in [0.2, 0.25) is 0 Å². The van der Waals surface area contributed by atoms with E-state index in [1.165, 1.54) is 10.9 Å². The minimum absolute atomic E-state index is 0.277. The van der Waals surface area contributed by atoms with E-state index in [0.717, 1.165) is 11.4 Å². The quantitative estimate of drug-likeness (QED) is 0.700. The highest BCUT2D eigenvalue weighted by Gasteiger charge is 2.02. The molecule has 2 aromatic carbocycles. The van der Waals surface area contributed by atoms with Crippen molar-refractivity contribution in [1.29, 1.82) is 0 Å². The first-order valence-electron chi connectivity index (χ1n) is 5.97. The molecule has 3 nitrogen and oxygen atoms in total. The summed E-state index contributed by atoms with van der Waals surface area (Å²) >= 11 is 4.81. The predicted octanol–water partition coefficient (Wildman–Crippen LogP) is 3.29. The molecule has 0 atom stereocenters. The van der Waals surface area contributed by atoms with Gasteiger partial charge in [0.15, 0.2) is 5.11 Å². The lowest BCUT2D eigenvalue weighted by atomic mass is 10.2. The zero-order valence-corrected chi connectivity index (χ0v) is 11.0. The molecule has 0 aliphatic heterocycles. The van der Waals surface area contributed by atoms with Crippen LogP contribution in [-0.4, -0.2) is 9.68 Å². The molecular formula is C15H13N3S. The number of hydrogen-bond donors (Lipinski definition) is 2. The van der Waals surface area contributed by atoms with Gasteiger partial charge in [0.2, 0.25) is 0 Å². The molecule has 1 heterocycles. The van der Waals surface area contributed by atoms with Gasteiger partial charge >= 0.3 is 0 Å². The summed E-state index contributed by atoms with van der Waals surface area (Å²) in [6, 6.07) is 18.4. The molecule has 3 N–H and O–H groups in total. The predicted molar refractivity (Wildman–Crippen MR) is 83.7 cm³/mol. The molecule has 94 valence electrons. The van der Waals surface area contributed by atoms with Crippen LogP contribution >= 0.6 is 12.2 Å². The summed E-state index contributed by atoms with van der Waals surface area (Å²) < 4.78 is 2.15. The lowest BCUT2D eigenvalue weighted by Gasteiger charge is -2.08. The Kier molecular flexibility index (Phi) is 2.93. The minimum Gasteiger partial charge on any atom is -0.376 e. The van der Waals surface area contributed by atoms with Crippen LogP contribution in [0.1, 0.15) is 0 Å². The summed E-state index contributed by atoms with van der Waals surface area (Å²) in [6.07, 6.45) is 2.07. The van der Waals surface area contributed by atoms with Crippen LogP contribution < -0.4 is 11.1 Å². The zero-order chi connectivity index (χ0) is 13.2. The molecule has 0 radical (unpaired) electrons. The van der Waals surface area contributed by atoms with E-state index in [4.69, 9.17) is 18.0 Å². The van der Waals surface area contributed by atoms with E-state index >= 15 is 0 Å². The fourth-order valence-corrected chi connectivity index (χ4v) is 2.27. The third-order valence-electron chi connectivity index (χ3n) is 3.01. The molecule has 3 rings (SSSR count). The second-order valence-electron chi connectivity index (χ2n) is 4.28. The summed E-state index contributed by atoms with van der Waals surface area (Å²) in [4.78, 5) is 0. The van der Waals surface area contributed by atoms with Crippen LogP contribution in [0.3, 0.4) is 0 Å². The average Bonchev–Trinajstić information content (AvgIpc) is 2.83. The topological polar surface area (TPSA) is 43.0 Å². The van der Waals surface area contributed by atoms with Crippen LogP contribution in [-0.2, 0) is 0 Å². The van der Waals surface area contributed by atoms with Gasteiger partial charge in [-0.05, 0) is 54.0 Å². The molecule has 19 heavy (non-hydrogen) atoms. The van der Waals surface area contributed by atoms with Gasteiger partial charge in [-0.2, -0.15) is 0 Å². The third-order valence-corrected chi connectivity index (χ3v) is 3.11. The third kappa shape index (κ3) is 2.30. The van der Waals surface area contributed by atoms with Gasteiger partial charge in [0.25, 0.3) is 0 Å². The molecule has 0 saturated carbocycles. The molecule has 4 heteroatoms. The molecule has 0 amide bonds. The van der Waals surface area contributed by atoms with E-state index in [2.05, 4.69) is 34.3 Å². The van der Waals surface area contributed by atoms with Crippen molar-refractivity contribution in [3.05, 3.63) is 60.8 Å². The Balaban J connectivity index is 2.00. The van der Waals surface area contributed by atoms with Crippen molar-refractivity contribution in [2.75, 3.05) is 5.32 Å². The summed E-state index contributed by atoms with van der Waals surface area (Å²) in [5.41, 5.74) is 8.64. The number of fused-ring (bicyclic) bond motifs is 1. The monoisotopic (exact) mass is 267 g/mol. The first-order valence-corrected chi connectivity index (χ1v) is 6.38. The second-order valence-corrected chi connectivity index (χ2v) is 4.72. The maximum Gasteiger partial charge on any atom is 0.168 e. The van der Waals surface area contributed by atoms with Crippen molar-refractivity contribution in [1.82, 2.24) is 4.57 Å². The molecule has 0 spiro atoms. The lowest BCUT2D eigenvalue weighted by molar-refractivity contribution is 1.13. The normalized spacial score (nSPS) is 10.5. The number of aromatic nitrogens is 1. The Morgan fingerprint density at radius 1 is 1.00 bits per heavy atom. The van der Waals surface area contributed by atoms with Gasteiger partial charge in [0, 0.05) is 17.6 Å². The van der Waals surface area contributed by atoms with Crippen LogP contribution in [0.5, 0.6) is 0 Å². The van der Waals surface area contributed by atoms with Crippen LogP contribution in [0, 0.1) is 0 Å². The van der Waals surface area contributed by atoms with E-state index in [9.17, 15) is 0 Å². The highest BCUT2D eigenvalue weighted by molar-refractivity contribution is 7.80. The first-order chi connectivity index (χ1) is 9.24. The Morgan fingerprint density at radius 3 is 2.47 bits per heavy atom. The molecule has 0 aliphatic rings. The van der Waals surface area contributed by atoms with Crippen molar-refractivity contribution in [2.45, 2.75) is 0 Å². The molecular weight excluding hydrogens is 254 g/mol. The number of nitrogens with two attached hydrogens (primary N) is 1. The zero-order valence-electron chi connectivity index (χ0n) is 10.2. The Labute approximate surface area is 116 Å². The van der Waals surface area contributed by atoms with E-state index in [0.29, 0.717) is 0 Å². The van der Waals surface area contributed by atoms with Gasteiger partial charge in [0.1, 0.15) is 0 Å². The van der Waals surface area contributed by atoms with Crippen LogP contribution in [0.25, 0.3) is 16.6 Å². The average molecular weight is 267 g/mol. The molecule has 0 fully saturated rings. The van der Waals surface area contributed by atoms with Crippen molar-refractivity contribution < 1.29 is 0 Å². The van der Waals surface area contributed by atoms with Gasteiger partial charge in [-0.1, -0.05) is 18.2 Å². The highest BCUT2D eigenvalue weighted by atomic mass is 32.1. The fourth-order valence-electron chi connectivity index (χ4n) is 2.16. The Bertz CT molecular complexity index is 728. The number of nitrogens with one attached hydrogen (secondary N) is 1. The number of para-hydroxylation sites is 1. The summed E-state index contributed by atoms with van der Waals surface area (Å²) in [5.74, 6) is 0. The number of anilines is 1. The maximum atomic E-state index is 5.45. The lowest BCUT2D eigenvalue weighted by Crippen LogP contribution is -2.18. The van der Waals surface area contributed by atoms with E-state index in [1.807, 2.05) is 36.4 Å². The van der Waals surface area contributed by atoms with E-state index < -0.39 is 0 Å². The number of rotatable bonds is 2. The van der Waals surface area contributed by atoms with Gasteiger partial charge < -0.3 is 15.6 Å². The Morgan fingerprint density at radius 2 is 1.74 bits per heavy atom. The van der Waals surface area contributed by atoms with E-state index in [1.54, 1.807) is 0 Å². The SMILES string of the molecule is NC(=S)Nc1ccc(-n2ccc3ccccc32)cc1. The molecule has 0 bridgehead atoms. The van der Waals surface area contributed by atoms with Crippen LogP contribution in [0.15, 0.2) is 60.8 Å².